The molecule has 0 spiro atoms. The van der Waals surface area contributed by atoms with E-state index in [1.165, 1.54) is 19.4 Å². The van der Waals surface area contributed by atoms with E-state index in [2.05, 4.69) is 5.32 Å². The van der Waals surface area contributed by atoms with Crippen LogP contribution in [0.4, 0.5) is 5.69 Å². The zero-order valence-electron chi connectivity index (χ0n) is 14.8. The average Bonchev–Trinajstić information content (AvgIpc) is 2.65. The lowest BCUT2D eigenvalue weighted by Gasteiger charge is -2.34. The summed E-state index contributed by atoms with van der Waals surface area (Å²) in [7, 11) is 1.42. The summed E-state index contributed by atoms with van der Waals surface area (Å²) in [5.74, 6) is 0.533. The molecule has 0 saturated carbocycles. The highest BCUT2D eigenvalue weighted by Gasteiger charge is 2.29. The quantitative estimate of drug-likeness (QED) is 0.807. The molecule has 1 N–H and O–H groups in total. The first kappa shape index (κ1) is 19.7. The number of piperidine rings is 1. The molecule has 0 aliphatic carbocycles. The number of ether oxygens (including phenoxy) is 1. The summed E-state index contributed by atoms with van der Waals surface area (Å²) < 4.78 is 10.4. The Kier molecular flexibility index (Phi) is 6.42. The van der Waals surface area contributed by atoms with Crippen molar-refractivity contribution in [3.63, 3.8) is 0 Å². The lowest BCUT2D eigenvalue weighted by Crippen LogP contribution is -2.46. The molecule has 1 aliphatic rings. The Labute approximate surface area is 167 Å². The van der Waals surface area contributed by atoms with Crippen molar-refractivity contribution in [1.82, 2.24) is 4.90 Å². The predicted octanol–water partition coefficient (Wildman–Crippen LogP) is 3.95. The first-order chi connectivity index (χ1) is 13.0. The molecule has 1 aliphatic heterocycles. The van der Waals surface area contributed by atoms with Gasteiger partial charge < -0.3 is 14.5 Å². The third-order valence-corrected chi connectivity index (χ3v) is 5.27. The Morgan fingerprint density at radius 3 is 2.81 bits per heavy atom. The van der Waals surface area contributed by atoms with E-state index < -0.39 is 0 Å². The Hall–Kier alpha value is -2.02. The highest BCUT2D eigenvalue weighted by atomic mass is 35.5. The third kappa shape index (κ3) is 4.83. The van der Waals surface area contributed by atoms with Gasteiger partial charge in [0.2, 0.25) is 17.1 Å². The van der Waals surface area contributed by atoms with Gasteiger partial charge in [-0.25, -0.2) is 0 Å². The van der Waals surface area contributed by atoms with Gasteiger partial charge in [-0.1, -0.05) is 29.6 Å². The normalized spacial score (nSPS) is 17.5. The Bertz CT molecular complexity index is 884. The summed E-state index contributed by atoms with van der Waals surface area (Å²) in [6.45, 7) is 1.12. The number of rotatable bonds is 5. The lowest BCUT2D eigenvalue weighted by molar-refractivity contribution is -0.122. The predicted molar refractivity (Wildman–Crippen MR) is 105 cm³/mol. The first-order valence-corrected chi connectivity index (χ1v) is 9.39. The molecule has 144 valence electrons. The molecule has 27 heavy (non-hydrogen) atoms. The number of carbonyl (C=O) groups excluding carboxylic acids is 1. The summed E-state index contributed by atoms with van der Waals surface area (Å²) in [5, 5.41) is 3.71. The zero-order chi connectivity index (χ0) is 19.4. The number of anilines is 1. The molecule has 0 bridgehead atoms. The second kappa shape index (κ2) is 8.78. The van der Waals surface area contributed by atoms with Gasteiger partial charge in [-0.2, -0.15) is 0 Å². The van der Waals surface area contributed by atoms with Gasteiger partial charge in [-0.3, -0.25) is 14.5 Å². The minimum absolute atomic E-state index is 0.121. The van der Waals surface area contributed by atoms with Crippen LogP contribution >= 0.6 is 23.2 Å². The van der Waals surface area contributed by atoms with E-state index in [9.17, 15) is 9.59 Å². The van der Waals surface area contributed by atoms with Gasteiger partial charge in [0.25, 0.3) is 0 Å². The van der Waals surface area contributed by atoms with Crippen molar-refractivity contribution in [1.29, 1.82) is 0 Å². The van der Waals surface area contributed by atoms with Crippen molar-refractivity contribution in [2.45, 2.75) is 31.8 Å². The molecule has 1 aromatic carbocycles. The second-order valence-corrected chi connectivity index (χ2v) is 7.19. The van der Waals surface area contributed by atoms with Crippen LogP contribution in [0.5, 0.6) is 5.75 Å². The third-order valence-electron chi connectivity index (χ3n) is 4.53. The summed E-state index contributed by atoms with van der Waals surface area (Å²) in [4.78, 5) is 26.7. The molecular formula is C19H20Cl2N2O4. The molecule has 1 saturated heterocycles. The molecule has 1 aromatic heterocycles. The molecule has 2 aromatic rings. The second-order valence-electron chi connectivity index (χ2n) is 6.38. The largest absolute Gasteiger partial charge is 0.490 e. The first-order valence-electron chi connectivity index (χ1n) is 8.63. The number of hydrogen-bond acceptors (Lipinski definition) is 5. The van der Waals surface area contributed by atoms with Crippen molar-refractivity contribution >= 4 is 34.8 Å². The Balaban J connectivity index is 1.72. The van der Waals surface area contributed by atoms with E-state index >= 15 is 0 Å². The van der Waals surface area contributed by atoms with Crippen LogP contribution in [0, 0.1) is 0 Å². The molecule has 0 radical (unpaired) electrons. The lowest BCUT2D eigenvalue weighted by atomic mass is 10.0. The van der Waals surface area contributed by atoms with Crippen molar-refractivity contribution in [2.24, 2.45) is 0 Å². The summed E-state index contributed by atoms with van der Waals surface area (Å²) in [5.41, 5.74) is 0.350. The number of halogens is 2. The topological polar surface area (TPSA) is 71.8 Å². The number of hydrogen-bond donors (Lipinski definition) is 1. The molecular weight excluding hydrogens is 391 g/mol. The van der Waals surface area contributed by atoms with E-state index in [1.54, 1.807) is 18.2 Å². The fraction of sp³-hybridized carbons (Fsp3) is 0.368. The maximum Gasteiger partial charge on any atom is 0.241 e. The Morgan fingerprint density at radius 2 is 2.11 bits per heavy atom. The summed E-state index contributed by atoms with van der Waals surface area (Å²) >= 11 is 11.9. The minimum atomic E-state index is -0.319. The number of benzene rings is 1. The van der Waals surface area contributed by atoms with Crippen molar-refractivity contribution in [3.8, 4) is 5.75 Å². The van der Waals surface area contributed by atoms with Crippen LogP contribution < -0.4 is 15.5 Å². The maximum atomic E-state index is 12.8. The summed E-state index contributed by atoms with van der Waals surface area (Å²) in [6.07, 6.45) is 3.97. The van der Waals surface area contributed by atoms with Gasteiger partial charge in [0.15, 0.2) is 0 Å². The molecule has 1 fully saturated rings. The molecule has 1 amide bonds. The number of methoxy groups -OCH3 is 1. The van der Waals surface area contributed by atoms with Gasteiger partial charge in [0.05, 0.1) is 29.7 Å². The van der Waals surface area contributed by atoms with E-state index in [1.807, 2.05) is 4.90 Å². The van der Waals surface area contributed by atoms with Crippen LogP contribution in [-0.2, 0) is 11.3 Å². The molecule has 1 atom stereocenters. The van der Waals surface area contributed by atoms with E-state index in [0.717, 1.165) is 25.8 Å². The van der Waals surface area contributed by atoms with Gasteiger partial charge in [0.1, 0.15) is 12.0 Å². The van der Waals surface area contributed by atoms with Gasteiger partial charge in [0, 0.05) is 11.8 Å². The highest BCUT2D eigenvalue weighted by molar-refractivity contribution is 6.42. The highest BCUT2D eigenvalue weighted by Crippen LogP contribution is 2.26. The molecule has 6 nitrogen and oxygen atoms in total. The van der Waals surface area contributed by atoms with E-state index in [4.69, 9.17) is 32.4 Å². The van der Waals surface area contributed by atoms with Crippen molar-refractivity contribution in [3.05, 3.63) is 56.6 Å². The average molecular weight is 411 g/mol. The van der Waals surface area contributed by atoms with Gasteiger partial charge in [-0.05, 0) is 37.6 Å². The van der Waals surface area contributed by atoms with Crippen LogP contribution in [0.25, 0.3) is 0 Å². The fourth-order valence-corrected chi connectivity index (χ4v) is 3.45. The number of likely N-dealkylation sites (tertiary alicyclic amines) is 1. The smallest absolute Gasteiger partial charge is 0.241 e. The van der Waals surface area contributed by atoms with Crippen molar-refractivity contribution < 1.29 is 13.9 Å². The van der Waals surface area contributed by atoms with Crippen LogP contribution in [-0.4, -0.2) is 30.5 Å². The number of nitrogens with one attached hydrogen (secondary N) is 1. The maximum absolute atomic E-state index is 12.8. The van der Waals surface area contributed by atoms with Gasteiger partial charge >= 0.3 is 0 Å². The van der Waals surface area contributed by atoms with Crippen molar-refractivity contribution in [2.75, 3.05) is 19.0 Å². The number of nitrogens with zero attached hydrogens (tertiary/aromatic N) is 1. The Morgan fingerprint density at radius 1 is 1.30 bits per heavy atom. The SMILES string of the molecule is COc1coc(CN2CCCC[C@@H]2C(=O)Nc2ccc(Cl)c(Cl)c2)cc1=O. The van der Waals surface area contributed by atoms with Gasteiger partial charge in [-0.15, -0.1) is 0 Å². The number of amides is 1. The zero-order valence-corrected chi connectivity index (χ0v) is 16.3. The van der Waals surface area contributed by atoms with Crippen LogP contribution in [0.2, 0.25) is 10.0 Å². The van der Waals surface area contributed by atoms with E-state index in [-0.39, 0.29) is 23.1 Å². The minimum Gasteiger partial charge on any atom is -0.490 e. The molecule has 2 heterocycles. The number of carbonyl (C=O) groups is 1. The van der Waals surface area contributed by atoms with Crippen LogP contribution in [0.1, 0.15) is 25.0 Å². The molecule has 8 heteroatoms. The van der Waals surface area contributed by atoms with E-state index in [0.29, 0.717) is 28.0 Å². The molecule has 0 unspecified atom stereocenters. The molecule has 3 rings (SSSR count). The summed E-state index contributed by atoms with van der Waals surface area (Å²) in [6, 6.07) is 6.06. The standard InChI is InChI=1S/C19H20Cl2N2O4/c1-26-18-11-27-13(9-17(18)24)10-23-7-3-2-4-16(23)19(25)22-12-5-6-14(20)15(21)8-12/h5-6,8-9,11,16H,2-4,7,10H2,1H3,(H,22,25)/t16-/m1/s1. The fourth-order valence-electron chi connectivity index (χ4n) is 3.15. The monoisotopic (exact) mass is 410 g/mol. The van der Waals surface area contributed by atoms with Crippen LogP contribution in [0.3, 0.4) is 0 Å². The van der Waals surface area contributed by atoms with Crippen LogP contribution in [0.15, 0.2) is 39.7 Å².